The number of carbonyl (C=O) groups is 2. The number of hydrogen-bond donors (Lipinski definition) is 2. The molecule has 0 amide bonds. The second-order valence-electron chi connectivity index (χ2n) is 9.30. The molecule has 0 aliphatic carbocycles. The molecule has 1 aliphatic rings. The molecule has 2 rings (SSSR count). The van der Waals surface area contributed by atoms with Crippen LogP contribution in [0.25, 0.3) is 0 Å². The molecule has 1 aromatic carbocycles. The highest BCUT2D eigenvalue weighted by molar-refractivity contribution is 6.62. The first-order valence-electron chi connectivity index (χ1n) is 9.72. The van der Waals surface area contributed by atoms with E-state index in [2.05, 4.69) is 5.32 Å². The quantitative estimate of drug-likeness (QED) is 0.416. The van der Waals surface area contributed by atoms with Gasteiger partial charge < -0.3 is 19.4 Å². The normalized spacial score (nSPS) is 17.7. The maximum Gasteiger partial charge on any atom is 0.494 e. The molecule has 1 aliphatic heterocycles. The molecular weight excluding hydrogens is 371 g/mol. The molecule has 3 N–H and O–H groups in total. The van der Waals surface area contributed by atoms with Crippen LogP contribution in [0.4, 0.5) is 5.69 Å². The molecule has 0 aromatic heterocycles. The molecule has 1 aromatic rings. The van der Waals surface area contributed by atoms with Gasteiger partial charge in [-0.2, -0.15) is 0 Å². The fraction of sp³-hybridized carbons (Fsp3) is 0.571. The molecule has 0 atom stereocenters. The van der Waals surface area contributed by atoms with E-state index in [-0.39, 0.29) is 18.0 Å². The number of rotatable bonds is 6. The molecule has 7 nitrogen and oxygen atoms in total. The van der Waals surface area contributed by atoms with Crippen LogP contribution in [0.1, 0.15) is 61.0 Å². The van der Waals surface area contributed by atoms with Gasteiger partial charge in [-0.25, -0.2) is 0 Å². The third kappa shape index (κ3) is 5.45. The summed E-state index contributed by atoms with van der Waals surface area (Å²) < 4.78 is 17.5. The van der Waals surface area contributed by atoms with Gasteiger partial charge in [-0.3, -0.25) is 15.0 Å². The molecule has 0 radical (unpaired) electrons. The zero-order chi connectivity index (χ0) is 22.2. The maximum atomic E-state index is 12.0. The van der Waals surface area contributed by atoms with E-state index in [4.69, 9.17) is 19.5 Å². The van der Waals surface area contributed by atoms with Crippen molar-refractivity contribution in [3.05, 3.63) is 23.8 Å². The number of anilines is 1. The van der Waals surface area contributed by atoms with Gasteiger partial charge in [0.2, 0.25) is 11.5 Å². The van der Waals surface area contributed by atoms with Crippen LogP contribution in [-0.2, 0) is 23.6 Å². The fourth-order valence-corrected chi connectivity index (χ4v) is 2.80. The second kappa shape index (κ2) is 7.92. The van der Waals surface area contributed by atoms with Crippen LogP contribution in [0.3, 0.4) is 0 Å². The lowest BCUT2D eigenvalue weighted by atomic mass is 9.77. The van der Waals surface area contributed by atoms with Crippen molar-refractivity contribution >= 4 is 35.7 Å². The summed E-state index contributed by atoms with van der Waals surface area (Å²) in [6.45, 7) is 14.6. The Hall–Kier alpha value is -2.19. The molecule has 1 heterocycles. The Labute approximate surface area is 173 Å². The monoisotopic (exact) mass is 403 g/mol. The van der Waals surface area contributed by atoms with E-state index in [9.17, 15) is 9.59 Å². The van der Waals surface area contributed by atoms with Gasteiger partial charge in [-0.05, 0) is 66.1 Å². The predicted molar refractivity (Wildman–Crippen MR) is 113 cm³/mol. The molecule has 158 valence electrons. The third-order valence-electron chi connectivity index (χ3n) is 5.08. The van der Waals surface area contributed by atoms with Gasteiger partial charge in [0.25, 0.3) is 0 Å². The van der Waals surface area contributed by atoms with Crippen LogP contribution in [0, 0.1) is 0 Å². The van der Waals surface area contributed by atoms with Gasteiger partial charge in [0.1, 0.15) is 12.1 Å². The zero-order valence-corrected chi connectivity index (χ0v) is 18.6. The standard InChI is InChI=1S/C21H31BN2O5/c1-13(25)18(23)15-11-14(22-28-20(5,6)21(7,8)29-22)9-10-16(15)24-12-17(26)27-19(2,3)4/h9-11,23-24H,12H2,1-8H3/p+1. The maximum absolute atomic E-state index is 12.0. The molecule has 0 saturated carbocycles. The topological polar surface area (TPSA) is 99.5 Å². The smallest absolute Gasteiger partial charge is 0.459 e. The molecule has 0 unspecified atom stereocenters. The number of nitrogens with one attached hydrogen (secondary N) is 1. The minimum Gasteiger partial charge on any atom is -0.459 e. The summed E-state index contributed by atoms with van der Waals surface area (Å²) in [7, 11) is -0.585. The van der Waals surface area contributed by atoms with Crippen LogP contribution in [0.2, 0.25) is 0 Å². The van der Waals surface area contributed by atoms with E-state index in [1.807, 2.05) is 33.8 Å². The van der Waals surface area contributed by atoms with E-state index in [0.29, 0.717) is 11.3 Å². The van der Waals surface area contributed by atoms with Gasteiger partial charge in [0.05, 0.1) is 16.8 Å². The van der Waals surface area contributed by atoms with Crippen molar-refractivity contribution in [1.82, 2.24) is 0 Å². The largest absolute Gasteiger partial charge is 0.494 e. The summed E-state index contributed by atoms with van der Waals surface area (Å²) >= 11 is 0. The molecule has 1 fully saturated rings. The van der Waals surface area contributed by atoms with Crippen molar-refractivity contribution in [3.8, 4) is 0 Å². The lowest BCUT2D eigenvalue weighted by Gasteiger charge is -2.32. The highest BCUT2D eigenvalue weighted by Crippen LogP contribution is 2.36. The van der Waals surface area contributed by atoms with Crippen molar-refractivity contribution in [2.24, 2.45) is 0 Å². The molecule has 0 bridgehead atoms. The van der Waals surface area contributed by atoms with Gasteiger partial charge >= 0.3 is 13.1 Å². The van der Waals surface area contributed by atoms with Gasteiger partial charge in [0.15, 0.2) is 0 Å². The average molecular weight is 403 g/mol. The van der Waals surface area contributed by atoms with Gasteiger partial charge in [-0.15, -0.1) is 0 Å². The number of esters is 1. The van der Waals surface area contributed by atoms with Crippen molar-refractivity contribution in [1.29, 1.82) is 0 Å². The van der Waals surface area contributed by atoms with Crippen molar-refractivity contribution in [2.45, 2.75) is 72.2 Å². The molecule has 0 spiro atoms. The Balaban J connectivity index is 2.29. The highest BCUT2D eigenvalue weighted by atomic mass is 16.7. The minimum absolute atomic E-state index is 0.0503. The Morgan fingerprint density at radius 1 is 1.14 bits per heavy atom. The third-order valence-corrected chi connectivity index (χ3v) is 5.08. The Morgan fingerprint density at radius 3 is 2.17 bits per heavy atom. The van der Waals surface area contributed by atoms with Crippen LogP contribution in [-0.4, -0.2) is 47.9 Å². The van der Waals surface area contributed by atoms with Crippen LogP contribution >= 0.6 is 0 Å². The fourth-order valence-electron chi connectivity index (χ4n) is 2.80. The van der Waals surface area contributed by atoms with Crippen LogP contribution in [0.5, 0.6) is 0 Å². The van der Waals surface area contributed by atoms with E-state index < -0.39 is 29.9 Å². The molecule has 1 saturated heterocycles. The zero-order valence-electron chi connectivity index (χ0n) is 18.6. The van der Waals surface area contributed by atoms with Crippen LogP contribution in [0.15, 0.2) is 18.2 Å². The highest BCUT2D eigenvalue weighted by Gasteiger charge is 2.51. The number of carbonyl (C=O) groups excluding carboxylic acids is 2. The van der Waals surface area contributed by atoms with E-state index in [0.717, 1.165) is 5.46 Å². The Bertz CT molecular complexity index is 811. The molecule has 8 heteroatoms. The summed E-state index contributed by atoms with van der Waals surface area (Å²) in [4.78, 5) is 24.0. The van der Waals surface area contributed by atoms with E-state index >= 15 is 0 Å². The van der Waals surface area contributed by atoms with Crippen molar-refractivity contribution < 1.29 is 29.0 Å². The Kier molecular flexibility index (Phi) is 6.30. The average Bonchev–Trinajstić information content (AvgIpc) is 2.78. The number of nitrogens with two attached hydrogens (primary N) is 1. The summed E-state index contributed by atoms with van der Waals surface area (Å²) in [5.41, 5.74) is 0.341. The number of benzene rings is 1. The van der Waals surface area contributed by atoms with Gasteiger partial charge in [0, 0.05) is 12.6 Å². The van der Waals surface area contributed by atoms with Crippen molar-refractivity contribution in [3.63, 3.8) is 0 Å². The number of Topliss-reactive ketones (excluding diaryl/α,β-unsaturated/α-hetero) is 1. The summed E-state index contributed by atoms with van der Waals surface area (Å²) in [5.74, 6) is -0.670. The summed E-state index contributed by atoms with van der Waals surface area (Å²) in [5, 5.41) is 9.06. The number of ketones is 1. The van der Waals surface area contributed by atoms with E-state index in [1.54, 1.807) is 32.9 Å². The first-order valence-corrected chi connectivity index (χ1v) is 9.72. The first-order chi connectivity index (χ1) is 13.1. The number of ether oxygens (including phenoxy) is 1. The lowest BCUT2D eigenvalue weighted by Crippen LogP contribution is -2.46. The second-order valence-corrected chi connectivity index (χ2v) is 9.30. The van der Waals surface area contributed by atoms with Crippen molar-refractivity contribution in [2.75, 3.05) is 11.9 Å². The summed E-state index contributed by atoms with van der Waals surface area (Å²) in [6, 6.07) is 5.35. The minimum atomic E-state index is -0.585. The number of hydrogen-bond acceptors (Lipinski definition) is 6. The van der Waals surface area contributed by atoms with E-state index in [1.165, 1.54) is 6.92 Å². The summed E-state index contributed by atoms with van der Waals surface area (Å²) in [6.07, 6.45) is 0. The first kappa shape index (κ1) is 23.1. The molecular formula is C21H32BN2O5+. The predicted octanol–water partition coefficient (Wildman–Crippen LogP) is 0.877. The van der Waals surface area contributed by atoms with Crippen LogP contribution < -0.4 is 16.2 Å². The SMILES string of the molecule is CC(=O)C(=[NH2+])c1cc(B2OC(C)(C)C(C)(C)O2)ccc1NCC(=O)OC(C)(C)C. The Morgan fingerprint density at radius 2 is 1.69 bits per heavy atom. The van der Waals surface area contributed by atoms with Gasteiger partial charge in [-0.1, -0.05) is 6.07 Å². The lowest BCUT2D eigenvalue weighted by molar-refractivity contribution is -0.152. The molecule has 29 heavy (non-hydrogen) atoms.